The van der Waals surface area contributed by atoms with E-state index in [0.29, 0.717) is 29.1 Å². The minimum Gasteiger partial charge on any atom is -0.497 e. The van der Waals surface area contributed by atoms with Crippen molar-refractivity contribution in [2.75, 3.05) is 31.8 Å². The Balaban J connectivity index is 1.57. The maximum absolute atomic E-state index is 12.4. The Morgan fingerprint density at radius 1 is 1.35 bits per heavy atom. The van der Waals surface area contributed by atoms with Crippen LogP contribution in [0.1, 0.15) is 31.2 Å². The first-order valence-corrected chi connectivity index (χ1v) is 9.78. The Morgan fingerprint density at radius 3 is 2.81 bits per heavy atom. The van der Waals surface area contributed by atoms with Gasteiger partial charge in [-0.05, 0) is 36.5 Å². The molecule has 1 amide bonds. The van der Waals surface area contributed by atoms with E-state index >= 15 is 0 Å². The van der Waals surface area contributed by atoms with Crippen LogP contribution in [0.3, 0.4) is 0 Å². The monoisotopic (exact) mass is 375 g/mol. The third-order valence-electron chi connectivity index (χ3n) is 4.59. The zero-order chi connectivity index (χ0) is 18.5. The van der Waals surface area contributed by atoms with Crippen molar-refractivity contribution < 1.29 is 9.53 Å². The van der Waals surface area contributed by atoms with E-state index in [-0.39, 0.29) is 5.91 Å². The lowest BCUT2D eigenvalue weighted by Crippen LogP contribution is -2.40. The van der Waals surface area contributed by atoms with Gasteiger partial charge in [0.1, 0.15) is 5.75 Å². The summed E-state index contributed by atoms with van der Waals surface area (Å²) in [5, 5.41) is 8.86. The van der Waals surface area contributed by atoms with Crippen LogP contribution < -0.4 is 10.6 Å². The summed E-state index contributed by atoms with van der Waals surface area (Å²) in [6.45, 7) is 3.88. The van der Waals surface area contributed by atoms with Gasteiger partial charge in [0.05, 0.1) is 12.9 Å². The van der Waals surface area contributed by atoms with Crippen LogP contribution in [-0.4, -0.2) is 51.6 Å². The fourth-order valence-electron chi connectivity index (χ4n) is 3.09. The van der Waals surface area contributed by atoms with Crippen LogP contribution >= 0.6 is 11.8 Å². The maximum Gasteiger partial charge on any atom is 0.233 e. The molecule has 140 valence electrons. The molecule has 1 saturated heterocycles. The molecule has 0 spiro atoms. The Morgan fingerprint density at radius 2 is 2.12 bits per heavy atom. The highest BCUT2D eigenvalue weighted by Crippen LogP contribution is 2.20. The average molecular weight is 375 g/mol. The summed E-state index contributed by atoms with van der Waals surface area (Å²) in [7, 11) is 1.64. The molecule has 1 atom stereocenters. The Kier molecular flexibility index (Phi) is 6.03. The van der Waals surface area contributed by atoms with Crippen LogP contribution in [0.15, 0.2) is 29.4 Å². The quantitative estimate of drug-likeness (QED) is 0.613. The highest BCUT2D eigenvalue weighted by Gasteiger charge is 2.21. The fraction of sp³-hybridized carbons (Fsp3) is 0.500. The van der Waals surface area contributed by atoms with Gasteiger partial charge < -0.3 is 15.5 Å². The molecule has 2 heterocycles. The lowest BCUT2D eigenvalue weighted by Gasteiger charge is -2.30. The van der Waals surface area contributed by atoms with E-state index in [2.05, 4.69) is 17.1 Å². The number of nitrogen functional groups attached to an aromatic ring is 1. The molecule has 0 bridgehead atoms. The number of carbonyl (C=O) groups excluding carboxylic acids is 1. The fourth-order valence-corrected chi connectivity index (χ4v) is 3.86. The van der Waals surface area contributed by atoms with Crippen LogP contribution in [-0.2, 0) is 11.2 Å². The predicted molar refractivity (Wildman–Crippen MR) is 102 cm³/mol. The number of hydrogen-bond acceptors (Lipinski definition) is 6. The normalized spacial score (nSPS) is 17.3. The third kappa shape index (κ3) is 4.49. The first kappa shape index (κ1) is 18.6. The van der Waals surface area contributed by atoms with Crippen molar-refractivity contribution in [2.45, 2.75) is 31.3 Å². The number of methoxy groups -OCH3 is 1. The summed E-state index contributed by atoms with van der Waals surface area (Å²) in [4.78, 5) is 14.3. The Hall–Kier alpha value is -2.22. The van der Waals surface area contributed by atoms with E-state index in [4.69, 9.17) is 10.6 Å². The molecule has 7 nitrogen and oxygen atoms in total. The molecular weight excluding hydrogens is 350 g/mol. The van der Waals surface area contributed by atoms with Crippen molar-refractivity contribution in [1.29, 1.82) is 0 Å². The lowest BCUT2D eigenvalue weighted by atomic mass is 10.0. The van der Waals surface area contributed by atoms with Gasteiger partial charge in [-0.2, -0.15) is 0 Å². The second kappa shape index (κ2) is 8.44. The van der Waals surface area contributed by atoms with Crippen LogP contribution in [0, 0.1) is 5.92 Å². The number of carbonyl (C=O) groups is 1. The molecule has 0 radical (unpaired) electrons. The maximum atomic E-state index is 12.4. The molecule has 1 aliphatic heterocycles. The van der Waals surface area contributed by atoms with Crippen LogP contribution in [0.25, 0.3) is 0 Å². The number of thioether (sulfide) groups is 1. The summed E-state index contributed by atoms with van der Waals surface area (Å²) < 4.78 is 6.63. The lowest BCUT2D eigenvalue weighted by molar-refractivity contribution is -0.130. The van der Waals surface area contributed by atoms with Crippen LogP contribution in [0.5, 0.6) is 5.75 Å². The number of piperidine rings is 1. The Labute approximate surface area is 157 Å². The van der Waals surface area contributed by atoms with E-state index in [9.17, 15) is 4.79 Å². The van der Waals surface area contributed by atoms with E-state index < -0.39 is 0 Å². The largest absolute Gasteiger partial charge is 0.497 e. The second-order valence-electron chi connectivity index (χ2n) is 6.67. The first-order chi connectivity index (χ1) is 12.6. The van der Waals surface area contributed by atoms with Gasteiger partial charge in [0, 0.05) is 19.5 Å². The van der Waals surface area contributed by atoms with E-state index in [1.165, 1.54) is 22.9 Å². The molecule has 0 aliphatic carbocycles. The molecule has 8 heteroatoms. The van der Waals surface area contributed by atoms with Crippen molar-refractivity contribution in [3.05, 3.63) is 35.7 Å². The molecule has 2 N–H and O–H groups in total. The Bertz CT molecular complexity index is 747. The van der Waals surface area contributed by atoms with Crippen molar-refractivity contribution in [3.63, 3.8) is 0 Å². The van der Waals surface area contributed by atoms with Crippen molar-refractivity contribution in [2.24, 2.45) is 5.92 Å². The zero-order valence-electron chi connectivity index (χ0n) is 15.2. The van der Waals surface area contributed by atoms with E-state index in [0.717, 1.165) is 30.8 Å². The predicted octanol–water partition coefficient (Wildman–Crippen LogP) is 1.94. The number of rotatable bonds is 6. The molecule has 0 saturated carbocycles. The number of amides is 1. The van der Waals surface area contributed by atoms with Gasteiger partial charge in [0.2, 0.25) is 11.1 Å². The average Bonchev–Trinajstić information content (AvgIpc) is 3.00. The van der Waals surface area contributed by atoms with Gasteiger partial charge in [-0.1, -0.05) is 30.8 Å². The number of nitrogens with zero attached hydrogens (tertiary/aromatic N) is 4. The SMILES string of the molecule is COc1ccc(Cc2nnc(SCC(=O)N3CCC[C@H](C)C3)n2N)cc1. The molecule has 1 fully saturated rings. The molecule has 1 aromatic carbocycles. The van der Waals surface area contributed by atoms with Crippen molar-refractivity contribution >= 4 is 17.7 Å². The smallest absolute Gasteiger partial charge is 0.233 e. The summed E-state index contributed by atoms with van der Waals surface area (Å²) in [5.41, 5.74) is 1.07. The number of benzene rings is 1. The van der Waals surface area contributed by atoms with Gasteiger partial charge in [0.15, 0.2) is 5.82 Å². The molecule has 0 unspecified atom stereocenters. The number of ether oxygens (including phenoxy) is 1. The molecule has 1 aromatic heterocycles. The minimum absolute atomic E-state index is 0.140. The van der Waals surface area contributed by atoms with E-state index in [1.807, 2.05) is 29.2 Å². The molecule has 3 rings (SSSR count). The summed E-state index contributed by atoms with van der Waals surface area (Å²) in [5.74, 6) is 8.64. The van der Waals surface area contributed by atoms with Gasteiger partial charge in [-0.25, -0.2) is 4.68 Å². The topological polar surface area (TPSA) is 86.3 Å². The molecule has 2 aromatic rings. The van der Waals surface area contributed by atoms with Crippen molar-refractivity contribution in [1.82, 2.24) is 19.8 Å². The second-order valence-corrected chi connectivity index (χ2v) is 7.61. The third-order valence-corrected chi connectivity index (χ3v) is 5.52. The zero-order valence-corrected chi connectivity index (χ0v) is 16.0. The van der Waals surface area contributed by atoms with Gasteiger partial charge in [-0.3, -0.25) is 4.79 Å². The first-order valence-electron chi connectivity index (χ1n) is 8.79. The minimum atomic E-state index is 0.140. The number of hydrogen-bond donors (Lipinski definition) is 1. The van der Waals surface area contributed by atoms with Crippen LogP contribution in [0.2, 0.25) is 0 Å². The number of nitrogens with two attached hydrogens (primary N) is 1. The standard InChI is InChI=1S/C18H25N5O2S/c1-13-4-3-9-22(11-13)17(24)12-26-18-21-20-16(23(18)19)10-14-5-7-15(25-2)8-6-14/h5-8,13H,3-4,9-12,19H2,1-2H3/t13-/m0/s1. The highest BCUT2D eigenvalue weighted by atomic mass is 32.2. The van der Waals surface area contributed by atoms with Gasteiger partial charge in [-0.15, -0.1) is 10.2 Å². The van der Waals surface area contributed by atoms with E-state index in [1.54, 1.807) is 7.11 Å². The summed E-state index contributed by atoms with van der Waals surface area (Å²) >= 11 is 1.34. The molecular formula is C18H25N5O2S. The highest BCUT2D eigenvalue weighted by molar-refractivity contribution is 7.99. The van der Waals surface area contributed by atoms with Gasteiger partial charge >= 0.3 is 0 Å². The van der Waals surface area contributed by atoms with Gasteiger partial charge in [0.25, 0.3) is 0 Å². The van der Waals surface area contributed by atoms with Crippen LogP contribution in [0.4, 0.5) is 0 Å². The van der Waals surface area contributed by atoms with Crippen molar-refractivity contribution in [3.8, 4) is 5.75 Å². The molecule has 1 aliphatic rings. The molecule has 26 heavy (non-hydrogen) atoms. The summed E-state index contributed by atoms with van der Waals surface area (Å²) in [6, 6.07) is 7.75. The number of likely N-dealkylation sites (tertiary alicyclic amines) is 1. The summed E-state index contributed by atoms with van der Waals surface area (Å²) in [6.07, 6.45) is 2.85. The number of aromatic nitrogens is 3.